The van der Waals surface area contributed by atoms with E-state index < -0.39 is 462 Å². The summed E-state index contributed by atoms with van der Waals surface area (Å²) in [6.07, 6.45) is 0. The van der Waals surface area contributed by atoms with Crippen LogP contribution in [0.2, 0.25) is 0 Å². The Morgan fingerprint density at radius 1 is 0.0672 bits per heavy atom. The summed E-state index contributed by atoms with van der Waals surface area (Å²) in [5.41, 5.74) is -18.8. The van der Waals surface area contributed by atoms with Crippen LogP contribution in [0.5, 0.6) is 287 Å². The van der Waals surface area contributed by atoms with Gasteiger partial charge in [0.1, 0.15) is 23.0 Å². The van der Waals surface area contributed by atoms with Gasteiger partial charge < -0.3 is 264 Å². The van der Waals surface area contributed by atoms with Gasteiger partial charge in [-0.05, 0) is 0 Å². The molecule has 0 aliphatic rings. The van der Waals surface area contributed by atoms with E-state index in [-0.39, 0.29) is 0 Å². The van der Waals surface area contributed by atoms with Crippen LogP contribution in [0.4, 0.5) is 0 Å². The molecule has 0 radical (unpaired) electrons. The first-order valence-corrected chi connectivity index (χ1v) is 36.0. The van der Waals surface area contributed by atoms with E-state index in [9.17, 15) is 255 Å². The molecule has 690 valence electrons. The number of hydrogen-bond acceptors (Lipinski definition) is 52. The zero-order valence-corrected chi connectivity index (χ0v) is 64.2. The normalized spacial score (nSPS) is 11.9. The molecule has 0 aliphatic carbocycles. The lowest BCUT2D eigenvalue weighted by atomic mass is 9.79. The number of aromatic hydroxyl groups is 50. The maximum atomic E-state index is 12.5. The Morgan fingerprint density at radius 2 is 0.194 bits per heavy atom. The Hall–Kier alpha value is -21.1. The molecule has 2 heterocycles. The van der Waals surface area contributed by atoms with Gasteiger partial charge in [0.2, 0.25) is 138 Å². The van der Waals surface area contributed by atoms with Crippen molar-refractivity contribution in [2.75, 3.05) is 0 Å². The highest BCUT2D eigenvalue weighted by atomic mass is 16.4. The number of phenolic OH excluding ortho intramolecular Hbond substituents is 50. The molecule has 52 nitrogen and oxygen atoms in total. The molecular formula is C82H50O52. The Kier molecular flexibility index (Phi) is 17.0. The molecule has 0 fully saturated rings. The lowest BCUT2D eigenvalue weighted by Crippen LogP contribution is -1.98. The van der Waals surface area contributed by atoms with Gasteiger partial charge in [0.15, 0.2) is 149 Å². The quantitative estimate of drug-likeness (QED) is 0.0434. The zero-order chi connectivity index (χ0) is 98.8. The number of hydrogen-bond donors (Lipinski definition) is 50. The Bertz CT molecular complexity index is 8560. The van der Waals surface area contributed by atoms with Crippen molar-refractivity contribution < 1.29 is 264 Å². The van der Waals surface area contributed by atoms with E-state index in [1.807, 2.05) is 0 Å². The molecule has 0 saturated heterocycles. The summed E-state index contributed by atoms with van der Waals surface area (Å²) in [6, 6.07) is 0. The zero-order valence-electron chi connectivity index (χ0n) is 64.2. The van der Waals surface area contributed by atoms with Crippen molar-refractivity contribution in [3.05, 3.63) is 0 Å². The van der Waals surface area contributed by atoms with Crippen molar-refractivity contribution in [1.29, 1.82) is 0 Å². The van der Waals surface area contributed by atoms with Crippen molar-refractivity contribution >= 4 is 119 Å². The summed E-state index contributed by atoms with van der Waals surface area (Å²) in [5, 5.41) is 534. The van der Waals surface area contributed by atoms with Crippen LogP contribution in [-0.2, 0) is 0 Å². The molecule has 0 amide bonds. The lowest BCUT2D eigenvalue weighted by Gasteiger charge is -2.26. The van der Waals surface area contributed by atoms with E-state index >= 15 is 0 Å². The molecule has 50 N–H and O–H groups in total. The molecule has 0 saturated carbocycles. The van der Waals surface area contributed by atoms with Gasteiger partial charge in [0, 0.05) is 98.2 Å². The third-order valence-corrected chi connectivity index (χ3v) is 22.9. The molecule has 0 aliphatic heterocycles. The first kappa shape index (κ1) is 85.1. The maximum Gasteiger partial charge on any atom is 0.208 e. The average molecular weight is 1870 g/mol. The van der Waals surface area contributed by atoms with Gasteiger partial charge in [-0.2, -0.15) is 0 Å². The fourth-order valence-corrected chi connectivity index (χ4v) is 16.9. The maximum absolute atomic E-state index is 12.5. The second kappa shape index (κ2) is 26.8. The van der Waals surface area contributed by atoms with E-state index in [1.54, 1.807) is 0 Å². The van der Waals surface area contributed by atoms with Crippen molar-refractivity contribution in [2.24, 2.45) is 0 Å². The van der Waals surface area contributed by atoms with Crippen LogP contribution >= 0.6 is 0 Å². The number of benzene rings is 16. The number of fused-ring (bicyclic) bond motifs is 13. The van der Waals surface area contributed by atoms with Gasteiger partial charge >= 0.3 is 0 Å². The van der Waals surface area contributed by atoms with E-state index in [2.05, 4.69) is 0 Å². The van der Waals surface area contributed by atoms with Gasteiger partial charge in [0.05, 0.1) is 54.4 Å². The van der Waals surface area contributed by atoms with Crippen molar-refractivity contribution in [3.8, 4) is 343 Å². The topological polar surface area (TPSA) is 1040 Å². The highest BCUT2D eigenvalue weighted by Gasteiger charge is 2.46. The average Bonchev–Trinajstić information content (AvgIpc) is 1.06. The van der Waals surface area contributed by atoms with Crippen LogP contribution < -0.4 is 0 Å². The van der Waals surface area contributed by atoms with Crippen molar-refractivity contribution in [3.63, 3.8) is 0 Å². The second-order valence-electron chi connectivity index (χ2n) is 29.5. The number of furan rings is 2. The summed E-state index contributed by atoms with van der Waals surface area (Å²) in [4.78, 5) is 0. The van der Waals surface area contributed by atoms with E-state index in [0.717, 1.165) is 0 Å². The lowest BCUT2D eigenvalue weighted by molar-refractivity contribution is 0.329. The smallest absolute Gasteiger partial charge is 0.208 e. The highest BCUT2D eigenvalue weighted by molar-refractivity contribution is 6.39. The van der Waals surface area contributed by atoms with Crippen molar-refractivity contribution in [1.82, 2.24) is 0 Å². The van der Waals surface area contributed by atoms with Crippen molar-refractivity contribution in [2.45, 2.75) is 0 Å². The molecule has 18 aromatic rings. The molecule has 2 aromatic heterocycles. The molecule has 134 heavy (non-hydrogen) atoms. The standard InChI is InChI=1S/C46H28O29.C36H22O23/c47-17-3(9-11(26(56)37(67)36(66)25(9)55)18(48)12(17)14-28(58)40(70)43(73)41(71)29(14)59)1-4-6(22(52)34(64)32(62)20(4)50)2(7-5(1)21(51)33(63)35(65)23(7)53)8-10-16-19(49)13-15(30(60)39(69)38(68)27(13)57)31(61)46(16)75-45(10)44(74)42(72)24(8)54;37-13-10-11(22(46)29(53)28(52)21(10)45)23(47)36-12(13)8-7(18(42)32(56)34(58)35(8)59-36)1-3-5(16(40)26(50)24(48)14(3)38)2(6-4(1)15(39)25(49)27(51)17(6)41)9-19(43)30(54)33(57)31(55)20(9)44/h47-74H;37-58H. The van der Waals surface area contributed by atoms with Crippen LogP contribution in [-0.4, -0.2) is 255 Å². The molecule has 16 aromatic carbocycles. The summed E-state index contributed by atoms with van der Waals surface area (Å²) in [6.45, 7) is 0. The fourth-order valence-electron chi connectivity index (χ4n) is 16.9. The van der Waals surface area contributed by atoms with Crippen LogP contribution in [0, 0.1) is 0 Å². The van der Waals surface area contributed by atoms with E-state index in [0.29, 0.717) is 0 Å². The molecule has 0 bridgehead atoms. The minimum Gasteiger partial charge on any atom is -0.506 e. The summed E-state index contributed by atoms with van der Waals surface area (Å²) in [7, 11) is 0. The van der Waals surface area contributed by atoms with Gasteiger partial charge in [0.25, 0.3) is 0 Å². The van der Waals surface area contributed by atoms with Crippen LogP contribution in [0.15, 0.2) is 8.83 Å². The molecule has 18 rings (SSSR count). The van der Waals surface area contributed by atoms with Crippen LogP contribution in [0.25, 0.3) is 175 Å². The summed E-state index contributed by atoms with van der Waals surface area (Å²) in [5.74, 6) is -82.6. The Morgan fingerprint density at radius 3 is 0.418 bits per heavy atom. The van der Waals surface area contributed by atoms with Gasteiger partial charge in [-0.3, -0.25) is 0 Å². The first-order valence-electron chi connectivity index (χ1n) is 36.0. The minimum atomic E-state index is -1.90. The summed E-state index contributed by atoms with van der Waals surface area (Å²) < 4.78 is 11.1. The molecular weight excluding hydrogens is 1820 g/mol. The molecule has 52 heteroatoms. The SMILES string of the molecule is Oc1c(O)c(O)c(-c2c(O)c(-c3c4c(O)c(O)c(O)c(O)c4c(-c4c(O)c(O)c(O)c5oc6c(O)c7c(O)c(O)c(O)c(O)c7c(O)c6c45)c4c(O)c(O)c(O)c(O)c34)c3c(O)c(O)c(O)c(O)c3c2O)c(O)c1O.Oc1c(O)c(O)c(-c2c3c(O)c(O)c(O)c(O)c3c(-c3c(O)c(O)c(O)c4oc5c(O)c6c(O)c(O)c(O)c(O)c6c(O)c5c34)c3c(O)c(O)c(O)c(O)c23)c(O)c1O. The monoisotopic (exact) mass is 1870 g/mol. The molecule has 0 atom stereocenters. The number of phenols is 50. The van der Waals surface area contributed by atoms with Gasteiger partial charge in [-0.25, -0.2) is 0 Å². The van der Waals surface area contributed by atoms with Crippen LogP contribution in [0.3, 0.4) is 0 Å². The van der Waals surface area contributed by atoms with Gasteiger partial charge in [-0.1, -0.05) is 0 Å². The first-order chi connectivity index (χ1) is 62.5. The second-order valence-corrected chi connectivity index (χ2v) is 29.5. The fraction of sp³-hybridized carbons (Fsp3) is 0. The molecule has 0 spiro atoms. The predicted molar refractivity (Wildman–Crippen MR) is 440 cm³/mol. The highest BCUT2D eigenvalue weighted by Crippen LogP contribution is 2.75. The minimum absolute atomic E-state index is 1.00. The molecule has 0 unspecified atom stereocenters. The number of rotatable bonds is 5. The van der Waals surface area contributed by atoms with Gasteiger partial charge in [-0.15, -0.1) is 0 Å². The predicted octanol–water partition coefficient (Wildman–Crippen LogP) is 8.86. The Labute approximate surface area is 724 Å². The van der Waals surface area contributed by atoms with E-state index in [1.165, 1.54) is 0 Å². The summed E-state index contributed by atoms with van der Waals surface area (Å²) >= 11 is 0. The Balaban J connectivity index is 0.000000192. The van der Waals surface area contributed by atoms with Crippen LogP contribution in [0.1, 0.15) is 0 Å². The largest absolute Gasteiger partial charge is 0.506 e. The van der Waals surface area contributed by atoms with E-state index in [4.69, 9.17) is 8.83 Å². The third-order valence-electron chi connectivity index (χ3n) is 22.9. The third kappa shape index (κ3) is 9.75.